The van der Waals surface area contributed by atoms with Crippen LogP contribution < -0.4 is 0 Å². The van der Waals surface area contributed by atoms with Crippen molar-refractivity contribution in [2.75, 3.05) is 26.3 Å². The molecule has 2 aromatic rings. The molecule has 2 aliphatic heterocycles. The molecule has 0 unspecified atom stereocenters. The lowest BCUT2D eigenvalue weighted by Crippen LogP contribution is -2.47. The normalized spacial score (nSPS) is 22.3. The SMILES string of the molecule is c1ccc(CN2CCC3(CC2)OCC[C@@H]3CCOCc2cccnc2)cc1. The van der Waals surface area contributed by atoms with Crippen molar-refractivity contribution in [3.63, 3.8) is 0 Å². The molecule has 0 saturated carbocycles. The summed E-state index contributed by atoms with van der Waals surface area (Å²) in [6, 6.07) is 14.8. The molecular weight excluding hydrogens is 336 g/mol. The van der Waals surface area contributed by atoms with Crippen LogP contribution in [0.1, 0.15) is 36.8 Å². The minimum Gasteiger partial charge on any atom is -0.377 e. The Balaban J connectivity index is 1.23. The minimum atomic E-state index is 0.0881. The van der Waals surface area contributed by atoms with Gasteiger partial charge < -0.3 is 9.47 Å². The second-order valence-corrected chi connectivity index (χ2v) is 7.86. The Labute approximate surface area is 162 Å². The van der Waals surface area contributed by atoms with Gasteiger partial charge in [0, 0.05) is 45.2 Å². The maximum atomic E-state index is 6.32. The van der Waals surface area contributed by atoms with Gasteiger partial charge in [-0.05, 0) is 48.8 Å². The maximum Gasteiger partial charge on any atom is 0.0736 e. The second kappa shape index (κ2) is 8.96. The largest absolute Gasteiger partial charge is 0.377 e. The highest BCUT2D eigenvalue weighted by Crippen LogP contribution is 2.42. The summed E-state index contributed by atoms with van der Waals surface area (Å²) in [5.74, 6) is 0.630. The molecule has 2 fully saturated rings. The van der Waals surface area contributed by atoms with Crippen molar-refractivity contribution in [3.05, 3.63) is 66.0 Å². The predicted molar refractivity (Wildman–Crippen MR) is 106 cm³/mol. The molecule has 4 rings (SSSR count). The molecule has 2 saturated heterocycles. The number of pyridine rings is 1. The van der Waals surface area contributed by atoms with Crippen LogP contribution in [0.3, 0.4) is 0 Å². The number of piperidine rings is 1. The van der Waals surface area contributed by atoms with Crippen molar-refractivity contribution in [2.45, 2.75) is 44.4 Å². The summed E-state index contributed by atoms with van der Waals surface area (Å²) in [4.78, 5) is 6.71. The molecule has 0 radical (unpaired) electrons. The Morgan fingerprint density at radius 1 is 1.07 bits per heavy atom. The lowest BCUT2D eigenvalue weighted by Gasteiger charge is -2.42. The zero-order valence-corrected chi connectivity index (χ0v) is 16.1. The average Bonchev–Trinajstić information content (AvgIpc) is 3.11. The first-order valence-corrected chi connectivity index (χ1v) is 10.2. The van der Waals surface area contributed by atoms with E-state index >= 15 is 0 Å². The summed E-state index contributed by atoms with van der Waals surface area (Å²) in [5, 5.41) is 0. The number of hydrogen-bond acceptors (Lipinski definition) is 4. The van der Waals surface area contributed by atoms with E-state index in [1.165, 1.54) is 12.0 Å². The van der Waals surface area contributed by atoms with Crippen molar-refractivity contribution < 1.29 is 9.47 Å². The number of aromatic nitrogens is 1. The van der Waals surface area contributed by atoms with Gasteiger partial charge in [0.15, 0.2) is 0 Å². The molecule has 4 heteroatoms. The molecular formula is C23H30N2O2. The monoisotopic (exact) mass is 366 g/mol. The Kier molecular flexibility index (Phi) is 6.17. The third kappa shape index (κ3) is 4.75. The Morgan fingerprint density at radius 3 is 2.67 bits per heavy atom. The quantitative estimate of drug-likeness (QED) is 0.692. The fourth-order valence-electron chi connectivity index (χ4n) is 4.58. The molecule has 0 bridgehead atoms. The second-order valence-electron chi connectivity index (χ2n) is 7.86. The van der Waals surface area contributed by atoms with E-state index in [9.17, 15) is 0 Å². The molecule has 1 aromatic heterocycles. The summed E-state index contributed by atoms with van der Waals surface area (Å²) >= 11 is 0. The van der Waals surface area contributed by atoms with Gasteiger partial charge in [-0.1, -0.05) is 36.4 Å². The molecule has 27 heavy (non-hydrogen) atoms. The number of hydrogen-bond donors (Lipinski definition) is 0. The fraction of sp³-hybridized carbons (Fsp3) is 0.522. The molecule has 0 aliphatic carbocycles. The summed E-state index contributed by atoms with van der Waals surface area (Å²) in [5.41, 5.74) is 2.63. The Bertz CT molecular complexity index is 684. The molecule has 4 nitrogen and oxygen atoms in total. The van der Waals surface area contributed by atoms with Gasteiger partial charge in [0.05, 0.1) is 12.2 Å². The lowest BCUT2D eigenvalue weighted by atomic mass is 9.78. The van der Waals surface area contributed by atoms with Crippen LogP contribution in [0, 0.1) is 5.92 Å². The zero-order valence-electron chi connectivity index (χ0n) is 16.1. The van der Waals surface area contributed by atoms with Crippen molar-refractivity contribution in [2.24, 2.45) is 5.92 Å². The molecule has 1 spiro atoms. The first-order valence-electron chi connectivity index (χ1n) is 10.2. The van der Waals surface area contributed by atoms with E-state index in [0.717, 1.165) is 57.7 Å². The van der Waals surface area contributed by atoms with Crippen LogP contribution in [0.4, 0.5) is 0 Å². The van der Waals surface area contributed by atoms with Crippen molar-refractivity contribution >= 4 is 0 Å². The van der Waals surface area contributed by atoms with E-state index in [-0.39, 0.29) is 5.60 Å². The van der Waals surface area contributed by atoms with Crippen molar-refractivity contribution in [3.8, 4) is 0 Å². The summed E-state index contributed by atoms with van der Waals surface area (Å²) in [6.07, 6.45) is 8.24. The molecule has 144 valence electrons. The van der Waals surface area contributed by atoms with Crippen LogP contribution in [-0.4, -0.2) is 41.8 Å². The zero-order chi connectivity index (χ0) is 18.4. The van der Waals surface area contributed by atoms with Crippen molar-refractivity contribution in [1.82, 2.24) is 9.88 Å². The number of ether oxygens (including phenoxy) is 2. The third-order valence-electron chi connectivity index (χ3n) is 6.15. The van der Waals surface area contributed by atoms with Gasteiger partial charge >= 0.3 is 0 Å². The number of rotatable bonds is 7. The number of benzene rings is 1. The van der Waals surface area contributed by atoms with E-state index in [2.05, 4.69) is 46.3 Å². The molecule has 0 amide bonds. The van der Waals surface area contributed by atoms with Crippen LogP contribution >= 0.6 is 0 Å². The van der Waals surface area contributed by atoms with E-state index in [0.29, 0.717) is 12.5 Å². The summed E-state index contributed by atoms with van der Waals surface area (Å²) < 4.78 is 12.2. The first-order chi connectivity index (χ1) is 13.3. The van der Waals surface area contributed by atoms with Crippen LogP contribution in [0.25, 0.3) is 0 Å². The Morgan fingerprint density at radius 2 is 1.89 bits per heavy atom. The van der Waals surface area contributed by atoms with Gasteiger partial charge in [0.1, 0.15) is 0 Å². The molecule has 0 N–H and O–H groups in total. The van der Waals surface area contributed by atoms with Gasteiger partial charge in [0.2, 0.25) is 0 Å². The fourth-order valence-corrected chi connectivity index (χ4v) is 4.58. The van der Waals surface area contributed by atoms with Crippen LogP contribution in [0.15, 0.2) is 54.9 Å². The van der Waals surface area contributed by atoms with Crippen LogP contribution in [0.5, 0.6) is 0 Å². The highest BCUT2D eigenvalue weighted by Gasteiger charge is 2.45. The Hall–Kier alpha value is -1.75. The standard InChI is InChI=1S/C23H30N2O2/c1-2-5-20(6-3-1)18-25-13-10-23(11-14-25)22(9-16-27-23)8-15-26-19-21-7-4-12-24-17-21/h1-7,12,17,22H,8-11,13-16,18-19H2/t22-/m0/s1. The minimum absolute atomic E-state index is 0.0881. The highest BCUT2D eigenvalue weighted by molar-refractivity contribution is 5.14. The smallest absolute Gasteiger partial charge is 0.0736 e. The van der Waals surface area contributed by atoms with E-state index in [1.54, 1.807) is 6.20 Å². The molecule has 1 atom stereocenters. The first kappa shape index (κ1) is 18.6. The number of nitrogens with zero attached hydrogens (tertiary/aromatic N) is 2. The van der Waals surface area contributed by atoms with Gasteiger partial charge in [-0.3, -0.25) is 9.88 Å². The van der Waals surface area contributed by atoms with Crippen LogP contribution in [-0.2, 0) is 22.6 Å². The van der Waals surface area contributed by atoms with Crippen molar-refractivity contribution in [1.29, 1.82) is 0 Å². The molecule has 2 aliphatic rings. The lowest BCUT2D eigenvalue weighted by molar-refractivity contribution is -0.0733. The summed E-state index contributed by atoms with van der Waals surface area (Å²) in [6.45, 7) is 5.67. The maximum absolute atomic E-state index is 6.32. The van der Waals surface area contributed by atoms with Crippen LogP contribution in [0.2, 0.25) is 0 Å². The highest BCUT2D eigenvalue weighted by atomic mass is 16.5. The molecule has 3 heterocycles. The van der Waals surface area contributed by atoms with E-state index < -0.39 is 0 Å². The predicted octanol–water partition coefficient (Wildman–Crippen LogP) is 4.06. The topological polar surface area (TPSA) is 34.6 Å². The van der Waals surface area contributed by atoms with Gasteiger partial charge in [-0.25, -0.2) is 0 Å². The third-order valence-corrected chi connectivity index (χ3v) is 6.15. The number of likely N-dealkylation sites (tertiary alicyclic amines) is 1. The molecule has 1 aromatic carbocycles. The van der Waals surface area contributed by atoms with E-state index in [4.69, 9.17) is 9.47 Å². The van der Waals surface area contributed by atoms with Gasteiger partial charge in [-0.2, -0.15) is 0 Å². The van der Waals surface area contributed by atoms with Gasteiger partial charge in [-0.15, -0.1) is 0 Å². The van der Waals surface area contributed by atoms with Gasteiger partial charge in [0.25, 0.3) is 0 Å². The van der Waals surface area contributed by atoms with E-state index in [1.807, 2.05) is 12.3 Å². The average molecular weight is 367 g/mol. The summed E-state index contributed by atoms with van der Waals surface area (Å²) in [7, 11) is 0.